The standard InChI is InChI=1S/C11H15NO/c13-11(12-4-1-5-12)10-7-8-2-3-9(10)6-8/h7-9H,1-6H2. The second kappa shape index (κ2) is 2.60. The topological polar surface area (TPSA) is 20.3 Å². The Morgan fingerprint density at radius 3 is 2.69 bits per heavy atom. The average Bonchev–Trinajstić information content (AvgIpc) is 2.59. The van der Waals surface area contributed by atoms with Crippen LogP contribution in [-0.2, 0) is 4.79 Å². The van der Waals surface area contributed by atoms with Gasteiger partial charge in [0.15, 0.2) is 0 Å². The maximum Gasteiger partial charge on any atom is 0.249 e. The molecule has 2 atom stereocenters. The number of rotatable bonds is 1. The lowest BCUT2D eigenvalue weighted by atomic mass is 9.96. The molecule has 2 nitrogen and oxygen atoms in total. The zero-order valence-electron chi connectivity index (χ0n) is 7.83. The van der Waals surface area contributed by atoms with E-state index < -0.39 is 0 Å². The van der Waals surface area contributed by atoms with Crippen LogP contribution in [0, 0.1) is 11.8 Å². The third kappa shape index (κ3) is 1.04. The van der Waals surface area contributed by atoms with E-state index in [2.05, 4.69) is 6.08 Å². The Morgan fingerprint density at radius 1 is 1.38 bits per heavy atom. The monoisotopic (exact) mass is 177 g/mol. The van der Waals surface area contributed by atoms with Crippen molar-refractivity contribution in [3.63, 3.8) is 0 Å². The number of hydrogen-bond acceptors (Lipinski definition) is 1. The molecule has 1 heterocycles. The number of nitrogens with zero attached hydrogens (tertiary/aromatic N) is 1. The van der Waals surface area contributed by atoms with Crippen LogP contribution in [0.4, 0.5) is 0 Å². The van der Waals surface area contributed by atoms with Crippen molar-refractivity contribution < 1.29 is 4.79 Å². The Morgan fingerprint density at radius 2 is 2.23 bits per heavy atom. The van der Waals surface area contributed by atoms with Crippen molar-refractivity contribution in [3.8, 4) is 0 Å². The molecule has 3 aliphatic rings. The van der Waals surface area contributed by atoms with Gasteiger partial charge in [-0.15, -0.1) is 0 Å². The van der Waals surface area contributed by atoms with Crippen molar-refractivity contribution in [1.82, 2.24) is 4.90 Å². The molecule has 3 rings (SSSR count). The van der Waals surface area contributed by atoms with Crippen molar-refractivity contribution in [2.45, 2.75) is 25.7 Å². The van der Waals surface area contributed by atoms with Gasteiger partial charge in [0, 0.05) is 18.7 Å². The van der Waals surface area contributed by atoms with Gasteiger partial charge in [0.25, 0.3) is 0 Å². The third-order valence-electron chi connectivity index (χ3n) is 3.72. The normalized spacial score (nSPS) is 36.0. The molecule has 0 aromatic heterocycles. The molecule has 1 aliphatic heterocycles. The van der Waals surface area contributed by atoms with Crippen LogP contribution < -0.4 is 0 Å². The summed E-state index contributed by atoms with van der Waals surface area (Å²) in [6.45, 7) is 1.99. The number of likely N-dealkylation sites (tertiary alicyclic amines) is 1. The average molecular weight is 177 g/mol. The molecule has 0 aromatic carbocycles. The summed E-state index contributed by atoms with van der Waals surface area (Å²) in [6, 6.07) is 0. The highest BCUT2D eigenvalue weighted by Crippen LogP contribution is 2.44. The number of hydrogen-bond donors (Lipinski definition) is 0. The molecule has 2 bridgehead atoms. The van der Waals surface area contributed by atoms with Crippen LogP contribution in [0.2, 0.25) is 0 Å². The third-order valence-corrected chi connectivity index (χ3v) is 3.72. The molecule has 0 aromatic rings. The van der Waals surface area contributed by atoms with Crippen molar-refractivity contribution in [3.05, 3.63) is 11.6 Å². The number of fused-ring (bicyclic) bond motifs is 2. The largest absolute Gasteiger partial charge is 0.339 e. The first-order valence-corrected chi connectivity index (χ1v) is 5.35. The van der Waals surface area contributed by atoms with Gasteiger partial charge in [-0.25, -0.2) is 0 Å². The van der Waals surface area contributed by atoms with Gasteiger partial charge in [-0.1, -0.05) is 6.08 Å². The second-order valence-corrected chi connectivity index (χ2v) is 4.54. The minimum Gasteiger partial charge on any atom is -0.339 e. The van der Waals surface area contributed by atoms with Crippen LogP contribution >= 0.6 is 0 Å². The minimum absolute atomic E-state index is 0.346. The summed E-state index contributed by atoms with van der Waals surface area (Å²) in [5.41, 5.74) is 1.15. The molecular formula is C11H15NO. The highest BCUT2D eigenvalue weighted by Gasteiger charge is 2.38. The van der Waals surface area contributed by atoms with Crippen molar-refractivity contribution >= 4 is 5.91 Å². The second-order valence-electron chi connectivity index (χ2n) is 4.54. The molecule has 2 fully saturated rings. The van der Waals surface area contributed by atoms with Crippen LogP contribution in [0.5, 0.6) is 0 Å². The van der Waals surface area contributed by atoms with Crippen LogP contribution in [-0.4, -0.2) is 23.9 Å². The first-order chi connectivity index (χ1) is 6.34. The van der Waals surface area contributed by atoms with E-state index in [1.807, 2.05) is 4.90 Å². The quantitative estimate of drug-likeness (QED) is 0.595. The number of amides is 1. The lowest BCUT2D eigenvalue weighted by Gasteiger charge is -2.32. The van der Waals surface area contributed by atoms with Gasteiger partial charge in [0.2, 0.25) is 5.91 Å². The van der Waals surface area contributed by atoms with Crippen molar-refractivity contribution in [2.24, 2.45) is 11.8 Å². The molecule has 70 valence electrons. The molecule has 1 amide bonds. The Balaban J connectivity index is 1.78. The summed E-state index contributed by atoms with van der Waals surface area (Å²) in [5.74, 6) is 1.71. The van der Waals surface area contributed by atoms with Gasteiger partial charge in [-0.05, 0) is 37.5 Å². The molecule has 2 heteroatoms. The predicted octanol–water partition coefficient (Wildman–Crippen LogP) is 1.57. The zero-order valence-corrected chi connectivity index (χ0v) is 7.83. The summed E-state index contributed by atoms with van der Waals surface area (Å²) >= 11 is 0. The van der Waals surface area contributed by atoms with Gasteiger partial charge >= 0.3 is 0 Å². The number of allylic oxidation sites excluding steroid dienone is 1. The summed E-state index contributed by atoms with van der Waals surface area (Å²) in [4.78, 5) is 13.9. The first-order valence-electron chi connectivity index (χ1n) is 5.35. The SMILES string of the molecule is O=C(C1=CC2CCC1C2)N1CCC1. The summed E-state index contributed by atoms with van der Waals surface area (Å²) < 4.78 is 0. The lowest BCUT2D eigenvalue weighted by Crippen LogP contribution is -2.43. The van der Waals surface area contributed by atoms with Crippen LogP contribution in [0.15, 0.2) is 11.6 Å². The summed E-state index contributed by atoms with van der Waals surface area (Å²) in [5, 5.41) is 0. The molecule has 0 spiro atoms. The van der Waals surface area contributed by atoms with E-state index in [0.29, 0.717) is 11.8 Å². The highest BCUT2D eigenvalue weighted by molar-refractivity contribution is 5.95. The number of carbonyl (C=O) groups excluding carboxylic acids is 1. The fourth-order valence-corrected chi connectivity index (χ4v) is 2.79. The van der Waals surface area contributed by atoms with Gasteiger partial charge in [0.05, 0.1) is 0 Å². The maximum absolute atomic E-state index is 11.9. The van der Waals surface area contributed by atoms with Crippen molar-refractivity contribution in [2.75, 3.05) is 13.1 Å². The van der Waals surface area contributed by atoms with Gasteiger partial charge < -0.3 is 4.90 Å². The molecule has 13 heavy (non-hydrogen) atoms. The van der Waals surface area contributed by atoms with E-state index in [1.54, 1.807) is 0 Å². The predicted molar refractivity (Wildman–Crippen MR) is 50.1 cm³/mol. The van der Waals surface area contributed by atoms with Gasteiger partial charge in [-0.3, -0.25) is 4.79 Å². The lowest BCUT2D eigenvalue weighted by molar-refractivity contribution is -0.130. The van der Waals surface area contributed by atoms with E-state index in [4.69, 9.17) is 0 Å². The molecule has 0 radical (unpaired) electrons. The summed E-state index contributed by atoms with van der Waals surface area (Å²) in [6.07, 6.45) is 7.29. The van der Waals surface area contributed by atoms with Crippen LogP contribution in [0.3, 0.4) is 0 Å². The van der Waals surface area contributed by atoms with Gasteiger partial charge in [0.1, 0.15) is 0 Å². The molecule has 1 saturated heterocycles. The molecular weight excluding hydrogens is 162 g/mol. The zero-order chi connectivity index (χ0) is 8.84. The van der Waals surface area contributed by atoms with Crippen molar-refractivity contribution in [1.29, 1.82) is 0 Å². The van der Waals surface area contributed by atoms with Gasteiger partial charge in [-0.2, -0.15) is 0 Å². The Bertz CT molecular complexity index is 278. The minimum atomic E-state index is 0.346. The maximum atomic E-state index is 11.9. The molecule has 2 unspecified atom stereocenters. The van der Waals surface area contributed by atoms with E-state index in [9.17, 15) is 4.79 Å². The molecule has 0 N–H and O–H groups in total. The first kappa shape index (κ1) is 7.60. The number of carbonyl (C=O) groups is 1. The Hall–Kier alpha value is -0.790. The molecule has 1 saturated carbocycles. The smallest absolute Gasteiger partial charge is 0.249 e. The highest BCUT2D eigenvalue weighted by atomic mass is 16.2. The van der Waals surface area contributed by atoms with Crippen LogP contribution in [0.25, 0.3) is 0 Å². The fraction of sp³-hybridized carbons (Fsp3) is 0.727. The fourth-order valence-electron chi connectivity index (χ4n) is 2.79. The Labute approximate surface area is 78.6 Å². The van der Waals surface area contributed by atoms with Crippen LogP contribution in [0.1, 0.15) is 25.7 Å². The Kier molecular flexibility index (Phi) is 1.52. The van der Waals surface area contributed by atoms with E-state index >= 15 is 0 Å². The van der Waals surface area contributed by atoms with E-state index in [-0.39, 0.29) is 0 Å². The van der Waals surface area contributed by atoms with E-state index in [0.717, 1.165) is 24.6 Å². The summed E-state index contributed by atoms with van der Waals surface area (Å²) in [7, 11) is 0. The molecule has 2 aliphatic carbocycles. The van der Waals surface area contributed by atoms with E-state index in [1.165, 1.54) is 25.7 Å².